The maximum atomic E-state index is 12.5. The maximum absolute atomic E-state index is 12.5. The molecule has 2 aromatic carbocycles. The molecule has 5 nitrogen and oxygen atoms in total. The summed E-state index contributed by atoms with van der Waals surface area (Å²) < 4.78 is 17.0. The van der Waals surface area contributed by atoms with E-state index in [-0.39, 0.29) is 11.9 Å². The number of carbonyl (C=O) groups is 1. The van der Waals surface area contributed by atoms with Crippen LogP contribution in [0, 0.1) is 0 Å². The highest BCUT2D eigenvalue weighted by Crippen LogP contribution is 2.31. The Hall–Kier alpha value is -2.37. The number of Topliss-reactive ketones (excluding diaryl/α,β-unsaturated/α-hetero) is 1. The summed E-state index contributed by atoms with van der Waals surface area (Å²) in [6.07, 6.45) is 1.50. The normalized spacial score (nSPS) is 19.6. The summed E-state index contributed by atoms with van der Waals surface area (Å²) >= 11 is 0. The zero-order valence-corrected chi connectivity index (χ0v) is 15.4. The van der Waals surface area contributed by atoms with Gasteiger partial charge in [-0.15, -0.1) is 0 Å². The number of benzene rings is 2. The van der Waals surface area contributed by atoms with Crippen molar-refractivity contribution in [3.8, 4) is 11.5 Å². The van der Waals surface area contributed by atoms with E-state index in [0.717, 1.165) is 38.4 Å². The minimum Gasteiger partial charge on any atom is -0.486 e. The van der Waals surface area contributed by atoms with E-state index in [0.29, 0.717) is 30.9 Å². The third-order valence-electron chi connectivity index (χ3n) is 5.06. The molecule has 5 heteroatoms. The third-order valence-corrected chi connectivity index (χ3v) is 5.06. The van der Waals surface area contributed by atoms with Crippen LogP contribution in [0.2, 0.25) is 0 Å². The second-order valence-electron chi connectivity index (χ2n) is 6.96. The number of hydrogen-bond donors (Lipinski definition) is 0. The third kappa shape index (κ3) is 4.49. The van der Waals surface area contributed by atoms with Gasteiger partial charge in [-0.05, 0) is 36.7 Å². The van der Waals surface area contributed by atoms with Crippen LogP contribution in [0.5, 0.6) is 11.5 Å². The lowest BCUT2D eigenvalue weighted by atomic mass is 10.0. The number of rotatable bonds is 6. The molecule has 0 aliphatic carbocycles. The molecule has 2 heterocycles. The van der Waals surface area contributed by atoms with E-state index in [1.165, 1.54) is 5.56 Å². The summed E-state index contributed by atoms with van der Waals surface area (Å²) in [4.78, 5) is 14.9. The first-order valence-corrected chi connectivity index (χ1v) is 9.61. The molecule has 1 fully saturated rings. The summed E-state index contributed by atoms with van der Waals surface area (Å²) in [7, 11) is 0. The zero-order chi connectivity index (χ0) is 18.5. The molecule has 1 atom stereocenters. The Morgan fingerprint density at radius 3 is 2.67 bits per heavy atom. The van der Waals surface area contributed by atoms with Gasteiger partial charge in [-0.25, -0.2) is 0 Å². The van der Waals surface area contributed by atoms with Crippen molar-refractivity contribution in [3.05, 3.63) is 59.7 Å². The molecule has 0 amide bonds. The smallest absolute Gasteiger partial charge is 0.163 e. The number of ketones is 1. The molecule has 1 saturated heterocycles. The first kappa shape index (κ1) is 18.0. The van der Waals surface area contributed by atoms with Crippen LogP contribution in [-0.2, 0) is 4.74 Å². The van der Waals surface area contributed by atoms with Gasteiger partial charge in [0.15, 0.2) is 17.3 Å². The predicted molar refractivity (Wildman–Crippen MR) is 103 cm³/mol. The number of morpholine rings is 1. The largest absolute Gasteiger partial charge is 0.486 e. The van der Waals surface area contributed by atoms with E-state index < -0.39 is 0 Å². The van der Waals surface area contributed by atoms with Crippen LogP contribution in [0.15, 0.2) is 48.5 Å². The molecule has 142 valence electrons. The Morgan fingerprint density at radius 1 is 1.00 bits per heavy atom. The lowest BCUT2D eigenvalue weighted by Gasteiger charge is -2.33. The Kier molecular flexibility index (Phi) is 5.70. The van der Waals surface area contributed by atoms with Crippen LogP contribution < -0.4 is 9.47 Å². The van der Waals surface area contributed by atoms with Crippen molar-refractivity contribution in [1.29, 1.82) is 0 Å². The second kappa shape index (κ2) is 8.55. The van der Waals surface area contributed by atoms with Gasteiger partial charge in [-0.2, -0.15) is 0 Å². The molecule has 0 spiro atoms. The van der Waals surface area contributed by atoms with Crippen molar-refractivity contribution in [2.45, 2.75) is 18.9 Å². The zero-order valence-electron chi connectivity index (χ0n) is 15.4. The summed E-state index contributed by atoms with van der Waals surface area (Å²) in [6.45, 7) is 4.52. The van der Waals surface area contributed by atoms with E-state index in [4.69, 9.17) is 14.2 Å². The number of ether oxygens (including phenoxy) is 3. The van der Waals surface area contributed by atoms with Crippen molar-refractivity contribution in [2.75, 3.05) is 39.5 Å². The Bertz CT molecular complexity index is 777. The lowest BCUT2D eigenvalue weighted by molar-refractivity contribution is -0.0302. The molecule has 27 heavy (non-hydrogen) atoms. The fraction of sp³-hybridized carbons (Fsp3) is 0.409. The fourth-order valence-electron chi connectivity index (χ4n) is 3.60. The van der Waals surface area contributed by atoms with Gasteiger partial charge in [0.1, 0.15) is 13.2 Å². The van der Waals surface area contributed by atoms with Crippen LogP contribution in [0.25, 0.3) is 0 Å². The van der Waals surface area contributed by atoms with E-state index in [1.54, 1.807) is 6.07 Å². The van der Waals surface area contributed by atoms with Gasteiger partial charge in [-0.1, -0.05) is 30.3 Å². The van der Waals surface area contributed by atoms with Crippen molar-refractivity contribution >= 4 is 5.78 Å². The van der Waals surface area contributed by atoms with Crippen LogP contribution in [0.4, 0.5) is 0 Å². The second-order valence-corrected chi connectivity index (χ2v) is 6.96. The van der Waals surface area contributed by atoms with Crippen molar-refractivity contribution < 1.29 is 19.0 Å². The average molecular weight is 367 g/mol. The first-order valence-electron chi connectivity index (χ1n) is 9.61. The predicted octanol–water partition coefficient (Wildman–Crippen LogP) is 3.49. The first-order chi connectivity index (χ1) is 13.3. The summed E-state index contributed by atoms with van der Waals surface area (Å²) in [5, 5.41) is 0. The molecular formula is C22H25NO4. The van der Waals surface area contributed by atoms with Gasteiger partial charge in [0, 0.05) is 25.1 Å². The van der Waals surface area contributed by atoms with E-state index in [2.05, 4.69) is 17.0 Å². The molecule has 4 rings (SSSR count). The van der Waals surface area contributed by atoms with Gasteiger partial charge >= 0.3 is 0 Å². The number of fused-ring (bicyclic) bond motifs is 1. The van der Waals surface area contributed by atoms with Gasteiger partial charge in [0.2, 0.25) is 0 Å². The van der Waals surface area contributed by atoms with Crippen LogP contribution in [-0.4, -0.2) is 50.1 Å². The lowest BCUT2D eigenvalue weighted by Crippen LogP contribution is -2.38. The molecule has 2 aliphatic rings. The highest BCUT2D eigenvalue weighted by atomic mass is 16.6. The van der Waals surface area contributed by atoms with Crippen LogP contribution >= 0.6 is 0 Å². The Morgan fingerprint density at radius 2 is 1.81 bits per heavy atom. The minimum atomic E-state index is 0.119. The van der Waals surface area contributed by atoms with Crippen LogP contribution in [0.3, 0.4) is 0 Å². The molecule has 2 aliphatic heterocycles. The van der Waals surface area contributed by atoms with E-state index in [1.807, 2.05) is 30.3 Å². The molecule has 0 aromatic heterocycles. The van der Waals surface area contributed by atoms with E-state index in [9.17, 15) is 4.79 Å². The standard InChI is InChI=1S/C22H25NO4/c24-19(18-8-9-20-21(15-18)27-14-13-26-20)7-4-10-23-11-12-25-22(16-23)17-5-2-1-3-6-17/h1-3,5-6,8-9,15,22H,4,7,10-14,16H2. The van der Waals surface area contributed by atoms with Gasteiger partial charge in [-0.3, -0.25) is 9.69 Å². The molecular weight excluding hydrogens is 342 g/mol. The molecule has 0 saturated carbocycles. The highest BCUT2D eigenvalue weighted by molar-refractivity contribution is 5.96. The Labute approximate surface area is 159 Å². The molecule has 1 unspecified atom stereocenters. The molecule has 0 bridgehead atoms. The average Bonchev–Trinajstić information content (AvgIpc) is 2.74. The highest BCUT2D eigenvalue weighted by Gasteiger charge is 2.22. The number of nitrogens with zero attached hydrogens (tertiary/aromatic N) is 1. The van der Waals surface area contributed by atoms with Crippen LogP contribution in [0.1, 0.15) is 34.9 Å². The SMILES string of the molecule is O=C(CCCN1CCOC(c2ccccc2)C1)c1ccc2c(c1)OCCO2. The summed E-state index contributed by atoms with van der Waals surface area (Å²) in [5.41, 5.74) is 1.91. The Balaban J connectivity index is 1.27. The molecule has 2 aromatic rings. The monoisotopic (exact) mass is 367 g/mol. The molecule has 0 radical (unpaired) electrons. The number of hydrogen-bond acceptors (Lipinski definition) is 5. The quantitative estimate of drug-likeness (QED) is 0.732. The minimum absolute atomic E-state index is 0.119. The van der Waals surface area contributed by atoms with Gasteiger partial charge in [0.25, 0.3) is 0 Å². The van der Waals surface area contributed by atoms with Crippen molar-refractivity contribution in [1.82, 2.24) is 4.90 Å². The van der Waals surface area contributed by atoms with Gasteiger partial charge in [0.05, 0.1) is 12.7 Å². The van der Waals surface area contributed by atoms with E-state index >= 15 is 0 Å². The van der Waals surface area contributed by atoms with Crippen molar-refractivity contribution in [3.63, 3.8) is 0 Å². The summed E-state index contributed by atoms with van der Waals surface area (Å²) in [6, 6.07) is 15.8. The topological polar surface area (TPSA) is 48.0 Å². The number of carbonyl (C=O) groups excluding carboxylic acids is 1. The maximum Gasteiger partial charge on any atom is 0.163 e. The molecule has 0 N–H and O–H groups in total. The fourth-order valence-corrected chi connectivity index (χ4v) is 3.60. The van der Waals surface area contributed by atoms with Gasteiger partial charge < -0.3 is 14.2 Å². The van der Waals surface area contributed by atoms with Crippen molar-refractivity contribution in [2.24, 2.45) is 0 Å². The summed E-state index contributed by atoms with van der Waals surface area (Å²) in [5.74, 6) is 1.55.